The lowest BCUT2D eigenvalue weighted by atomic mass is 10.3. The van der Waals surface area contributed by atoms with Gasteiger partial charge in [-0.05, 0) is 43.5 Å². The molecule has 156 valence electrons. The van der Waals surface area contributed by atoms with Crippen molar-refractivity contribution in [3.05, 3.63) is 76.4 Å². The van der Waals surface area contributed by atoms with E-state index >= 15 is 0 Å². The van der Waals surface area contributed by atoms with E-state index in [4.69, 9.17) is 9.15 Å². The molecule has 0 fully saturated rings. The molecule has 4 aromatic rings. The van der Waals surface area contributed by atoms with Gasteiger partial charge in [0, 0.05) is 11.6 Å². The lowest BCUT2D eigenvalue weighted by Gasteiger charge is -2.10. The highest BCUT2D eigenvalue weighted by atomic mass is 16.5. The van der Waals surface area contributed by atoms with Gasteiger partial charge in [-0.25, -0.2) is 4.98 Å². The Hall–Kier alpha value is -4.14. The number of aromatic amines is 1. The van der Waals surface area contributed by atoms with Crippen molar-refractivity contribution in [2.24, 2.45) is 0 Å². The molecule has 1 aliphatic carbocycles. The van der Waals surface area contributed by atoms with Crippen LogP contribution in [0.4, 0.5) is 5.82 Å². The molecular formula is C22H19N5O4. The summed E-state index contributed by atoms with van der Waals surface area (Å²) in [7, 11) is 0. The first-order valence-corrected chi connectivity index (χ1v) is 9.91. The Labute approximate surface area is 176 Å². The van der Waals surface area contributed by atoms with E-state index in [1.807, 2.05) is 18.2 Å². The zero-order valence-corrected chi connectivity index (χ0v) is 16.5. The monoisotopic (exact) mass is 417 g/mol. The normalized spacial score (nSPS) is 12.5. The second kappa shape index (κ2) is 7.94. The highest BCUT2D eigenvalue weighted by Crippen LogP contribution is 2.25. The van der Waals surface area contributed by atoms with Crippen LogP contribution in [0.15, 0.2) is 64.0 Å². The number of anilines is 1. The van der Waals surface area contributed by atoms with Crippen LogP contribution in [0.2, 0.25) is 0 Å². The average molecular weight is 417 g/mol. The molecule has 31 heavy (non-hydrogen) atoms. The lowest BCUT2D eigenvalue weighted by Crippen LogP contribution is -2.24. The van der Waals surface area contributed by atoms with Gasteiger partial charge in [0.25, 0.3) is 11.5 Å². The number of H-pyrrole nitrogens is 1. The van der Waals surface area contributed by atoms with Gasteiger partial charge in [-0.1, -0.05) is 18.2 Å². The molecule has 5 rings (SSSR count). The van der Waals surface area contributed by atoms with Crippen molar-refractivity contribution >= 4 is 11.7 Å². The molecular weight excluding hydrogens is 398 g/mol. The summed E-state index contributed by atoms with van der Waals surface area (Å²) in [6, 6.07) is 14.2. The van der Waals surface area contributed by atoms with Gasteiger partial charge in [0.1, 0.15) is 17.3 Å². The number of para-hydroxylation sites is 1. The summed E-state index contributed by atoms with van der Waals surface area (Å²) in [5, 5.41) is 7.28. The van der Waals surface area contributed by atoms with Gasteiger partial charge in [-0.15, -0.1) is 0 Å². The molecule has 2 N–H and O–H groups in total. The molecule has 0 aliphatic heterocycles. The summed E-state index contributed by atoms with van der Waals surface area (Å²) < 4.78 is 12.3. The standard InChI is InChI=1S/C22H19N5O4/c28-20(13-31-14-6-2-1-3-7-14)24-19-12-17(18-10-5-11-30-18)26-27(19)22-23-16-9-4-8-15(16)21(29)25-22/h1-3,5-7,10-12H,4,8-9,13H2,(H,24,28)(H,23,25,29). The number of amides is 1. The van der Waals surface area contributed by atoms with Crippen molar-refractivity contribution in [3.8, 4) is 23.2 Å². The van der Waals surface area contributed by atoms with Crippen LogP contribution in [0.3, 0.4) is 0 Å². The highest BCUT2D eigenvalue weighted by molar-refractivity contribution is 5.91. The third-order valence-corrected chi connectivity index (χ3v) is 4.99. The first-order valence-electron chi connectivity index (χ1n) is 9.91. The Kier molecular flexibility index (Phi) is 4.83. The lowest BCUT2D eigenvalue weighted by molar-refractivity contribution is -0.118. The van der Waals surface area contributed by atoms with E-state index in [9.17, 15) is 9.59 Å². The second-order valence-electron chi connectivity index (χ2n) is 7.12. The number of hydrogen-bond acceptors (Lipinski definition) is 6. The van der Waals surface area contributed by atoms with E-state index in [-0.39, 0.29) is 24.0 Å². The summed E-state index contributed by atoms with van der Waals surface area (Å²) in [5.41, 5.74) is 1.78. The molecule has 0 bridgehead atoms. The largest absolute Gasteiger partial charge is 0.484 e. The second-order valence-corrected chi connectivity index (χ2v) is 7.12. The molecule has 1 aromatic carbocycles. The van der Waals surface area contributed by atoms with Crippen LogP contribution in [0.5, 0.6) is 5.75 Å². The highest BCUT2D eigenvalue weighted by Gasteiger charge is 2.21. The van der Waals surface area contributed by atoms with Crippen molar-refractivity contribution in [1.29, 1.82) is 0 Å². The zero-order chi connectivity index (χ0) is 21.2. The number of carbonyl (C=O) groups is 1. The molecule has 3 heterocycles. The number of carbonyl (C=O) groups excluding carboxylic acids is 1. The number of furan rings is 1. The van der Waals surface area contributed by atoms with E-state index in [0.717, 1.165) is 25.0 Å². The topological polar surface area (TPSA) is 115 Å². The van der Waals surface area contributed by atoms with Crippen LogP contribution in [-0.4, -0.2) is 32.3 Å². The fraction of sp³-hybridized carbons (Fsp3) is 0.182. The predicted molar refractivity (Wildman–Crippen MR) is 112 cm³/mol. The third kappa shape index (κ3) is 3.85. The Morgan fingerprint density at radius 1 is 1.19 bits per heavy atom. The van der Waals surface area contributed by atoms with Gasteiger partial charge in [-0.2, -0.15) is 9.78 Å². The maximum absolute atomic E-state index is 12.5. The molecule has 0 unspecified atom stereocenters. The molecule has 0 atom stereocenters. The van der Waals surface area contributed by atoms with Crippen molar-refractivity contribution in [3.63, 3.8) is 0 Å². The maximum Gasteiger partial charge on any atom is 0.263 e. The quantitative estimate of drug-likeness (QED) is 0.498. The number of nitrogens with one attached hydrogen (secondary N) is 2. The van der Waals surface area contributed by atoms with E-state index < -0.39 is 0 Å². The van der Waals surface area contributed by atoms with Gasteiger partial charge in [-0.3, -0.25) is 14.6 Å². The number of fused-ring (bicyclic) bond motifs is 1. The molecule has 0 radical (unpaired) electrons. The number of hydrogen-bond donors (Lipinski definition) is 2. The molecule has 1 amide bonds. The summed E-state index contributed by atoms with van der Waals surface area (Å²) in [6.45, 7) is -0.181. The fourth-order valence-electron chi connectivity index (χ4n) is 3.55. The predicted octanol–water partition coefficient (Wildman–Crippen LogP) is 2.72. The third-order valence-electron chi connectivity index (χ3n) is 4.99. The van der Waals surface area contributed by atoms with Crippen molar-refractivity contribution in [2.75, 3.05) is 11.9 Å². The summed E-state index contributed by atoms with van der Waals surface area (Å²) in [5.74, 6) is 1.32. The van der Waals surface area contributed by atoms with Crippen LogP contribution in [0, 0.1) is 0 Å². The number of aryl methyl sites for hydroxylation is 1. The van der Waals surface area contributed by atoms with E-state index in [1.54, 1.807) is 30.3 Å². The van der Waals surface area contributed by atoms with Crippen LogP contribution in [-0.2, 0) is 17.6 Å². The van der Waals surface area contributed by atoms with Crippen molar-refractivity contribution in [2.45, 2.75) is 19.3 Å². The number of aromatic nitrogens is 4. The average Bonchev–Trinajstić information content (AvgIpc) is 3.53. The molecule has 3 aromatic heterocycles. The Balaban J connectivity index is 1.45. The first-order chi connectivity index (χ1) is 15.2. The van der Waals surface area contributed by atoms with Crippen LogP contribution in [0.25, 0.3) is 17.4 Å². The molecule has 0 saturated heterocycles. The molecule has 1 aliphatic rings. The van der Waals surface area contributed by atoms with Gasteiger partial charge >= 0.3 is 0 Å². The van der Waals surface area contributed by atoms with E-state index in [2.05, 4.69) is 20.4 Å². The molecule has 0 spiro atoms. The van der Waals surface area contributed by atoms with E-state index in [0.29, 0.717) is 28.6 Å². The number of benzene rings is 1. The summed E-state index contributed by atoms with van der Waals surface area (Å²) in [4.78, 5) is 32.3. The molecule has 0 saturated carbocycles. The zero-order valence-electron chi connectivity index (χ0n) is 16.5. The van der Waals surface area contributed by atoms with Gasteiger partial charge in [0.15, 0.2) is 12.4 Å². The Morgan fingerprint density at radius 3 is 2.87 bits per heavy atom. The fourth-order valence-corrected chi connectivity index (χ4v) is 3.55. The van der Waals surface area contributed by atoms with Crippen molar-refractivity contribution in [1.82, 2.24) is 19.7 Å². The van der Waals surface area contributed by atoms with Gasteiger partial charge in [0.05, 0.1) is 12.0 Å². The Bertz CT molecular complexity index is 1280. The molecule has 9 heteroatoms. The Morgan fingerprint density at radius 2 is 2.06 bits per heavy atom. The summed E-state index contributed by atoms with van der Waals surface area (Å²) in [6.07, 6.45) is 3.89. The maximum atomic E-state index is 12.5. The van der Waals surface area contributed by atoms with Crippen LogP contribution in [0.1, 0.15) is 17.7 Å². The van der Waals surface area contributed by atoms with Crippen LogP contribution < -0.4 is 15.6 Å². The molecule has 9 nitrogen and oxygen atoms in total. The minimum Gasteiger partial charge on any atom is -0.484 e. The van der Waals surface area contributed by atoms with Crippen LogP contribution >= 0.6 is 0 Å². The van der Waals surface area contributed by atoms with Gasteiger partial charge < -0.3 is 14.5 Å². The van der Waals surface area contributed by atoms with Gasteiger partial charge in [0.2, 0.25) is 5.95 Å². The smallest absolute Gasteiger partial charge is 0.263 e. The number of ether oxygens (including phenoxy) is 1. The minimum absolute atomic E-state index is 0.181. The number of nitrogens with zero attached hydrogens (tertiary/aromatic N) is 3. The minimum atomic E-state index is -0.375. The van der Waals surface area contributed by atoms with Crippen molar-refractivity contribution < 1.29 is 13.9 Å². The number of rotatable bonds is 6. The first kappa shape index (κ1) is 18.9. The van der Waals surface area contributed by atoms with E-state index in [1.165, 1.54) is 10.9 Å². The SMILES string of the molecule is O=C(COc1ccccc1)Nc1cc(-c2ccco2)nn1-c1nc2c(c(=O)[nH]1)CCC2. The summed E-state index contributed by atoms with van der Waals surface area (Å²) >= 11 is 0.